The minimum atomic E-state index is -0.502. The smallest absolute Gasteiger partial charge is 0.407 e. The maximum Gasteiger partial charge on any atom is 0.407 e. The highest BCUT2D eigenvalue weighted by Crippen LogP contribution is 2.07. The van der Waals surface area contributed by atoms with Crippen molar-refractivity contribution in [1.82, 2.24) is 10.3 Å². The number of ether oxygens (including phenoxy) is 1. The number of pyridine rings is 1. The average Bonchev–Trinajstić information content (AvgIpc) is 2.24. The molecule has 1 N–H and O–H groups in total. The third-order valence-corrected chi connectivity index (χ3v) is 1.80. The summed E-state index contributed by atoms with van der Waals surface area (Å²) in [4.78, 5) is 15.5. The van der Waals surface area contributed by atoms with E-state index in [1.165, 1.54) is 0 Å². The molecular formula is C13H16N2O2. The standard InChI is InChI=1S/C13H16N2O2/c1-5-10-6-7-14-11(8-10)9-15-12(16)17-13(2,3)4/h1,6-8H,9H2,2-4H3,(H,15,16). The van der Waals surface area contributed by atoms with Gasteiger partial charge in [0.25, 0.3) is 0 Å². The summed E-state index contributed by atoms with van der Waals surface area (Å²) in [7, 11) is 0. The highest BCUT2D eigenvalue weighted by molar-refractivity contribution is 5.67. The van der Waals surface area contributed by atoms with Gasteiger partial charge in [0.15, 0.2) is 0 Å². The van der Waals surface area contributed by atoms with E-state index in [4.69, 9.17) is 11.2 Å². The van der Waals surface area contributed by atoms with Crippen LogP contribution in [-0.2, 0) is 11.3 Å². The molecule has 0 bridgehead atoms. The fourth-order valence-electron chi connectivity index (χ4n) is 1.14. The number of aromatic nitrogens is 1. The molecule has 1 amide bonds. The van der Waals surface area contributed by atoms with Crippen LogP contribution < -0.4 is 5.32 Å². The molecule has 0 aromatic carbocycles. The first-order valence-electron chi connectivity index (χ1n) is 5.29. The number of hydrogen-bond acceptors (Lipinski definition) is 3. The molecule has 1 aromatic rings. The van der Waals surface area contributed by atoms with Crippen molar-refractivity contribution in [2.24, 2.45) is 0 Å². The van der Waals surface area contributed by atoms with Crippen LogP contribution in [0.15, 0.2) is 18.3 Å². The van der Waals surface area contributed by atoms with Crippen LogP contribution >= 0.6 is 0 Å². The molecule has 0 saturated carbocycles. The van der Waals surface area contributed by atoms with Crippen molar-refractivity contribution in [3.05, 3.63) is 29.6 Å². The van der Waals surface area contributed by atoms with Crippen molar-refractivity contribution in [1.29, 1.82) is 0 Å². The van der Waals surface area contributed by atoms with Gasteiger partial charge in [0.05, 0.1) is 12.2 Å². The van der Waals surface area contributed by atoms with Crippen LogP contribution in [0.5, 0.6) is 0 Å². The maximum atomic E-state index is 11.4. The highest BCUT2D eigenvalue weighted by atomic mass is 16.6. The number of carbonyl (C=O) groups excluding carboxylic acids is 1. The van der Waals surface area contributed by atoms with Crippen molar-refractivity contribution in [3.8, 4) is 12.3 Å². The number of hydrogen-bond donors (Lipinski definition) is 1. The number of nitrogens with one attached hydrogen (secondary N) is 1. The molecule has 0 atom stereocenters. The van der Waals surface area contributed by atoms with Gasteiger partial charge in [0, 0.05) is 11.8 Å². The van der Waals surface area contributed by atoms with Gasteiger partial charge in [-0.2, -0.15) is 0 Å². The molecule has 0 aliphatic rings. The van der Waals surface area contributed by atoms with E-state index < -0.39 is 11.7 Å². The minimum Gasteiger partial charge on any atom is -0.444 e. The normalized spacial score (nSPS) is 10.5. The highest BCUT2D eigenvalue weighted by Gasteiger charge is 2.15. The predicted molar refractivity (Wildman–Crippen MR) is 65.2 cm³/mol. The summed E-state index contributed by atoms with van der Waals surface area (Å²) in [5.74, 6) is 2.51. The van der Waals surface area contributed by atoms with E-state index in [9.17, 15) is 4.79 Å². The molecule has 4 nitrogen and oxygen atoms in total. The zero-order valence-corrected chi connectivity index (χ0v) is 10.3. The Morgan fingerprint density at radius 3 is 2.88 bits per heavy atom. The molecule has 0 spiro atoms. The third-order valence-electron chi connectivity index (χ3n) is 1.80. The van der Waals surface area contributed by atoms with Gasteiger partial charge in [-0.1, -0.05) is 5.92 Å². The SMILES string of the molecule is C#Cc1ccnc(CNC(=O)OC(C)(C)C)c1. The Morgan fingerprint density at radius 1 is 1.59 bits per heavy atom. The van der Waals surface area contributed by atoms with Crippen molar-refractivity contribution in [3.63, 3.8) is 0 Å². The lowest BCUT2D eigenvalue weighted by atomic mass is 10.2. The Labute approximate surface area is 101 Å². The summed E-state index contributed by atoms with van der Waals surface area (Å²) in [5, 5.41) is 2.61. The molecule has 0 aliphatic heterocycles. The molecule has 0 saturated heterocycles. The molecule has 90 valence electrons. The number of alkyl carbamates (subject to hydrolysis) is 1. The van der Waals surface area contributed by atoms with Crippen LogP contribution in [0.25, 0.3) is 0 Å². The van der Waals surface area contributed by atoms with Gasteiger partial charge in [0.1, 0.15) is 5.60 Å². The van der Waals surface area contributed by atoms with Crippen LogP contribution in [0.1, 0.15) is 32.0 Å². The van der Waals surface area contributed by atoms with Gasteiger partial charge < -0.3 is 10.1 Å². The van der Waals surface area contributed by atoms with E-state index in [1.54, 1.807) is 18.3 Å². The van der Waals surface area contributed by atoms with E-state index in [0.717, 1.165) is 5.56 Å². The van der Waals surface area contributed by atoms with Crippen LogP contribution in [0.3, 0.4) is 0 Å². The fourth-order valence-corrected chi connectivity index (χ4v) is 1.14. The fraction of sp³-hybridized carbons (Fsp3) is 0.385. The first-order valence-corrected chi connectivity index (χ1v) is 5.29. The molecule has 1 heterocycles. The van der Waals surface area contributed by atoms with E-state index in [2.05, 4.69) is 16.2 Å². The second-order valence-corrected chi connectivity index (χ2v) is 4.54. The van der Waals surface area contributed by atoms with Crippen molar-refractivity contribution in [2.75, 3.05) is 0 Å². The molecule has 1 aromatic heterocycles. The van der Waals surface area contributed by atoms with E-state index in [-0.39, 0.29) is 0 Å². The zero-order valence-electron chi connectivity index (χ0n) is 10.3. The van der Waals surface area contributed by atoms with Gasteiger partial charge in [-0.25, -0.2) is 4.79 Å². The average molecular weight is 232 g/mol. The number of terminal acetylenes is 1. The van der Waals surface area contributed by atoms with Crippen molar-refractivity contribution in [2.45, 2.75) is 32.9 Å². The monoisotopic (exact) mass is 232 g/mol. The van der Waals surface area contributed by atoms with Gasteiger partial charge in [0.2, 0.25) is 0 Å². The minimum absolute atomic E-state index is 0.296. The van der Waals surface area contributed by atoms with Crippen molar-refractivity contribution >= 4 is 6.09 Å². The first-order chi connectivity index (χ1) is 7.90. The Hall–Kier alpha value is -2.02. The summed E-state index contributed by atoms with van der Waals surface area (Å²) in [6.45, 7) is 5.72. The van der Waals surface area contributed by atoms with E-state index >= 15 is 0 Å². The first kappa shape index (κ1) is 13.0. The molecule has 4 heteroatoms. The number of amides is 1. The third kappa shape index (κ3) is 5.03. The maximum absolute atomic E-state index is 11.4. The lowest BCUT2D eigenvalue weighted by Gasteiger charge is -2.19. The van der Waals surface area contributed by atoms with E-state index in [0.29, 0.717) is 12.2 Å². The second-order valence-electron chi connectivity index (χ2n) is 4.54. The number of rotatable bonds is 2. The summed E-state index contributed by atoms with van der Waals surface area (Å²) in [6, 6.07) is 3.48. The molecular weight excluding hydrogens is 216 g/mol. The predicted octanol–water partition coefficient (Wildman–Crippen LogP) is 2.09. The molecule has 0 radical (unpaired) electrons. The van der Waals surface area contributed by atoms with Crippen LogP contribution in [0, 0.1) is 12.3 Å². The van der Waals surface area contributed by atoms with Crippen LogP contribution in [0.4, 0.5) is 4.79 Å². The van der Waals surface area contributed by atoms with Crippen molar-refractivity contribution < 1.29 is 9.53 Å². The Morgan fingerprint density at radius 2 is 2.29 bits per heavy atom. The van der Waals surface area contributed by atoms with Crippen LogP contribution in [0.2, 0.25) is 0 Å². The molecule has 17 heavy (non-hydrogen) atoms. The Balaban J connectivity index is 2.51. The van der Waals surface area contributed by atoms with Gasteiger partial charge in [-0.05, 0) is 32.9 Å². The lowest BCUT2D eigenvalue weighted by molar-refractivity contribution is 0.0523. The van der Waals surface area contributed by atoms with Gasteiger partial charge in [-0.3, -0.25) is 4.98 Å². The summed E-state index contributed by atoms with van der Waals surface area (Å²) in [6.07, 6.45) is 6.41. The molecule has 0 unspecified atom stereocenters. The van der Waals surface area contributed by atoms with Crippen LogP contribution in [-0.4, -0.2) is 16.7 Å². The Bertz CT molecular complexity index is 441. The topological polar surface area (TPSA) is 51.2 Å². The quantitative estimate of drug-likeness (QED) is 0.794. The number of nitrogens with zero attached hydrogens (tertiary/aromatic N) is 1. The number of carbonyl (C=O) groups is 1. The Kier molecular flexibility index (Phi) is 4.11. The van der Waals surface area contributed by atoms with E-state index in [1.807, 2.05) is 20.8 Å². The second kappa shape index (κ2) is 5.35. The molecule has 1 rings (SSSR count). The summed E-state index contributed by atoms with van der Waals surface area (Å²) in [5.41, 5.74) is 0.936. The molecule has 0 aliphatic carbocycles. The molecule has 0 fully saturated rings. The zero-order chi connectivity index (χ0) is 12.9. The summed E-state index contributed by atoms with van der Waals surface area (Å²) >= 11 is 0. The largest absolute Gasteiger partial charge is 0.444 e. The van der Waals surface area contributed by atoms with Gasteiger partial charge in [-0.15, -0.1) is 6.42 Å². The summed E-state index contributed by atoms with van der Waals surface area (Å²) < 4.78 is 5.10. The lowest BCUT2D eigenvalue weighted by Crippen LogP contribution is -2.32. The van der Waals surface area contributed by atoms with Gasteiger partial charge >= 0.3 is 6.09 Å².